The first-order valence-electron chi connectivity index (χ1n) is 10.6. The van der Waals surface area contributed by atoms with Crippen LogP contribution in [0, 0.1) is 5.92 Å². The minimum Gasteiger partial charge on any atom is -0.376 e. The van der Waals surface area contributed by atoms with Gasteiger partial charge >= 0.3 is 0 Å². The molecule has 6 heteroatoms. The monoisotopic (exact) mass is 395 g/mol. The maximum atomic E-state index is 12.5. The average molecular weight is 396 g/mol. The summed E-state index contributed by atoms with van der Waals surface area (Å²) in [5.74, 6) is 0.150. The van der Waals surface area contributed by atoms with Gasteiger partial charge in [0.15, 0.2) is 0 Å². The summed E-state index contributed by atoms with van der Waals surface area (Å²) in [5.41, 5.74) is 0.844. The molecule has 6 nitrogen and oxygen atoms in total. The van der Waals surface area contributed by atoms with E-state index in [9.17, 15) is 9.59 Å². The lowest BCUT2D eigenvalue weighted by molar-refractivity contribution is -0.127. The van der Waals surface area contributed by atoms with Gasteiger partial charge < -0.3 is 15.4 Å². The average Bonchev–Trinajstić information content (AvgIpc) is 3.26. The van der Waals surface area contributed by atoms with Crippen LogP contribution in [0.4, 0.5) is 5.69 Å². The maximum Gasteiger partial charge on any atom is 0.238 e. The molecule has 2 amide bonds. The number of carbonyl (C=O) groups is 2. The van der Waals surface area contributed by atoms with Gasteiger partial charge in [0.25, 0.3) is 0 Å². The van der Waals surface area contributed by atoms with Gasteiger partial charge in [-0.05, 0) is 50.2 Å². The Morgan fingerprint density at radius 3 is 2.62 bits per heavy atom. The number of anilines is 1. The number of amides is 2. The Hall–Kier alpha value is -2.44. The highest BCUT2D eigenvalue weighted by Crippen LogP contribution is 2.23. The quantitative estimate of drug-likeness (QED) is 0.789. The summed E-state index contributed by atoms with van der Waals surface area (Å²) in [4.78, 5) is 27.1. The second kappa shape index (κ2) is 9.37. The van der Waals surface area contributed by atoms with Crippen LogP contribution in [0.15, 0.2) is 42.5 Å². The lowest BCUT2D eigenvalue weighted by Gasteiger charge is -2.31. The van der Waals surface area contributed by atoms with E-state index in [-0.39, 0.29) is 23.8 Å². The molecule has 29 heavy (non-hydrogen) atoms. The molecule has 0 saturated carbocycles. The summed E-state index contributed by atoms with van der Waals surface area (Å²) >= 11 is 0. The number of hydrogen-bond donors (Lipinski definition) is 2. The zero-order chi connectivity index (χ0) is 20.1. The summed E-state index contributed by atoms with van der Waals surface area (Å²) in [6.45, 7) is 3.31. The minimum absolute atomic E-state index is 0.0114. The Balaban J connectivity index is 1.23. The summed E-state index contributed by atoms with van der Waals surface area (Å²) in [7, 11) is 0. The number of nitrogens with one attached hydrogen (secondary N) is 2. The number of nitrogens with zero attached hydrogens (tertiary/aromatic N) is 1. The predicted octanol–water partition coefficient (Wildman–Crippen LogP) is 2.79. The van der Waals surface area contributed by atoms with E-state index < -0.39 is 0 Å². The molecule has 0 bridgehead atoms. The molecular weight excluding hydrogens is 366 g/mol. The molecule has 2 aliphatic rings. The van der Waals surface area contributed by atoms with Crippen LogP contribution in [0.5, 0.6) is 0 Å². The van der Waals surface area contributed by atoms with Crippen LogP contribution in [0.2, 0.25) is 0 Å². The molecule has 2 aliphatic heterocycles. The number of carbonyl (C=O) groups excluding carboxylic acids is 2. The second-order valence-corrected chi connectivity index (χ2v) is 8.01. The van der Waals surface area contributed by atoms with Crippen LogP contribution in [0.3, 0.4) is 0 Å². The Kier molecular flexibility index (Phi) is 6.42. The van der Waals surface area contributed by atoms with Crippen molar-refractivity contribution < 1.29 is 14.3 Å². The molecule has 2 heterocycles. The van der Waals surface area contributed by atoms with Gasteiger partial charge in [-0.2, -0.15) is 0 Å². The Bertz CT molecular complexity index is 850. The van der Waals surface area contributed by atoms with E-state index in [0.29, 0.717) is 13.1 Å². The molecule has 4 rings (SSSR count). The fraction of sp³-hybridized carbons (Fsp3) is 0.478. The second-order valence-electron chi connectivity index (χ2n) is 8.01. The van der Waals surface area contributed by atoms with Gasteiger partial charge in [0.2, 0.25) is 11.8 Å². The third kappa shape index (κ3) is 5.14. The number of piperidine rings is 1. The molecule has 2 aromatic carbocycles. The van der Waals surface area contributed by atoms with Crippen molar-refractivity contribution in [2.75, 3.05) is 38.1 Å². The lowest BCUT2D eigenvalue weighted by Crippen LogP contribution is -2.44. The van der Waals surface area contributed by atoms with Crippen LogP contribution >= 0.6 is 0 Å². The van der Waals surface area contributed by atoms with Crippen LogP contribution < -0.4 is 10.6 Å². The third-order valence-corrected chi connectivity index (χ3v) is 5.92. The summed E-state index contributed by atoms with van der Waals surface area (Å²) in [5, 5.41) is 8.24. The van der Waals surface area contributed by atoms with E-state index in [0.717, 1.165) is 61.8 Å². The van der Waals surface area contributed by atoms with Gasteiger partial charge in [-0.15, -0.1) is 0 Å². The highest BCUT2D eigenvalue weighted by molar-refractivity contribution is 6.02. The van der Waals surface area contributed by atoms with Crippen molar-refractivity contribution in [2.24, 2.45) is 5.92 Å². The fourth-order valence-corrected chi connectivity index (χ4v) is 4.24. The summed E-state index contributed by atoms with van der Waals surface area (Å²) in [6.07, 6.45) is 3.87. The van der Waals surface area contributed by atoms with E-state index >= 15 is 0 Å². The Labute approximate surface area is 171 Å². The third-order valence-electron chi connectivity index (χ3n) is 5.92. The normalized spacial score (nSPS) is 20.6. The summed E-state index contributed by atoms with van der Waals surface area (Å²) in [6, 6.07) is 14.0. The van der Waals surface area contributed by atoms with E-state index in [2.05, 4.69) is 15.5 Å². The van der Waals surface area contributed by atoms with Crippen LogP contribution in [-0.2, 0) is 14.3 Å². The molecule has 0 radical (unpaired) electrons. The standard InChI is InChI=1S/C23H29N3O3/c27-22(25-21-9-3-6-17-5-1-2-8-20(17)21)16-26-12-10-18(11-13-26)23(28)24-15-19-7-4-14-29-19/h1-3,5-6,8-9,18-19H,4,7,10-16H2,(H,24,28)(H,25,27). The maximum absolute atomic E-state index is 12.5. The molecule has 1 unspecified atom stereocenters. The number of benzene rings is 2. The van der Waals surface area contributed by atoms with Gasteiger partial charge in [0.1, 0.15) is 0 Å². The van der Waals surface area contributed by atoms with Crippen molar-refractivity contribution >= 4 is 28.3 Å². The van der Waals surface area contributed by atoms with E-state index in [4.69, 9.17) is 4.74 Å². The van der Waals surface area contributed by atoms with Crippen molar-refractivity contribution in [3.8, 4) is 0 Å². The minimum atomic E-state index is -0.0114. The van der Waals surface area contributed by atoms with Gasteiger partial charge in [0, 0.05) is 30.1 Å². The van der Waals surface area contributed by atoms with Crippen LogP contribution in [-0.4, -0.2) is 55.6 Å². The van der Waals surface area contributed by atoms with Crippen molar-refractivity contribution in [1.29, 1.82) is 0 Å². The Morgan fingerprint density at radius 1 is 1.03 bits per heavy atom. The molecule has 0 aliphatic carbocycles. The molecule has 2 fully saturated rings. The zero-order valence-corrected chi connectivity index (χ0v) is 16.7. The van der Waals surface area contributed by atoms with Crippen molar-refractivity contribution in [1.82, 2.24) is 10.2 Å². The molecule has 0 spiro atoms. The number of likely N-dealkylation sites (tertiary alicyclic amines) is 1. The number of hydrogen-bond acceptors (Lipinski definition) is 4. The van der Waals surface area contributed by atoms with E-state index in [1.165, 1.54) is 0 Å². The van der Waals surface area contributed by atoms with Gasteiger partial charge in [0.05, 0.1) is 12.6 Å². The smallest absolute Gasteiger partial charge is 0.238 e. The van der Waals surface area contributed by atoms with E-state index in [1.807, 2.05) is 42.5 Å². The zero-order valence-electron chi connectivity index (χ0n) is 16.7. The molecular formula is C23H29N3O3. The molecule has 2 aromatic rings. The first-order chi connectivity index (χ1) is 14.2. The number of ether oxygens (including phenoxy) is 1. The Morgan fingerprint density at radius 2 is 1.83 bits per heavy atom. The van der Waals surface area contributed by atoms with Crippen molar-refractivity contribution in [3.05, 3.63) is 42.5 Å². The number of fused-ring (bicyclic) bond motifs is 1. The largest absolute Gasteiger partial charge is 0.376 e. The molecule has 2 saturated heterocycles. The topological polar surface area (TPSA) is 70.7 Å². The molecule has 2 N–H and O–H groups in total. The fourth-order valence-electron chi connectivity index (χ4n) is 4.24. The van der Waals surface area contributed by atoms with Crippen LogP contribution in [0.1, 0.15) is 25.7 Å². The van der Waals surface area contributed by atoms with Gasteiger partial charge in [-0.25, -0.2) is 0 Å². The van der Waals surface area contributed by atoms with Crippen molar-refractivity contribution in [2.45, 2.75) is 31.8 Å². The summed E-state index contributed by atoms with van der Waals surface area (Å²) < 4.78 is 5.56. The first kappa shape index (κ1) is 19.9. The van der Waals surface area contributed by atoms with Crippen LogP contribution in [0.25, 0.3) is 10.8 Å². The first-order valence-corrected chi connectivity index (χ1v) is 10.6. The lowest BCUT2D eigenvalue weighted by atomic mass is 9.96. The predicted molar refractivity (Wildman–Crippen MR) is 114 cm³/mol. The number of rotatable bonds is 6. The van der Waals surface area contributed by atoms with Gasteiger partial charge in [-0.3, -0.25) is 14.5 Å². The van der Waals surface area contributed by atoms with Gasteiger partial charge in [-0.1, -0.05) is 36.4 Å². The van der Waals surface area contributed by atoms with Crippen molar-refractivity contribution in [3.63, 3.8) is 0 Å². The highest BCUT2D eigenvalue weighted by Gasteiger charge is 2.26. The SMILES string of the molecule is O=C(CN1CCC(C(=O)NCC2CCCO2)CC1)Nc1cccc2ccccc12. The molecule has 154 valence electrons. The molecule has 0 aromatic heterocycles. The highest BCUT2D eigenvalue weighted by atomic mass is 16.5. The van der Waals surface area contributed by atoms with E-state index in [1.54, 1.807) is 0 Å². The molecule has 1 atom stereocenters.